The Morgan fingerprint density at radius 1 is 1.40 bits per heavy atom. The first kappa shape index (κ1) is 17.2. The van der Waals surface area contributed by atoms with Crippen molar-refractivity contribution in [2.24, 2.45) is 23.2 Å². The molecule has 0 heterocycles. The van der Waals surface area contributed by atoms with Crippen LogP contribution in [0.2, 0.25) is 0 Å². The van der Waals surface area contributed by atoms with E-state index in [-0.39, 0.29) is 29.3 Å². The van der Waals surface area contributed by atoms with E-state index in [1.807, 2.05) is 6.92 Å². The fourth-order valence-corrected chi connectivity index (χ4v) is 3.06. The monoisotopic (exact) mass is 284 g/mol. The lowest BCUT2D eigenvalue weighted by molar-refractivity contribution is -0.119. The summed E-state index contributed by atoms with van der Waals surface area (Å²) in [4.78, 5) is 12.2. The molecular formula is C17H29FO2. The molecule has 0 radical (unpaired) electrons. The van der Waals surface area contributed by atoms with Gasteiger partial charge in [-0.1, -0.05) is 27.7 Å². The number of rotatable bonds is 6. The molecule has 116 valence electrons. The summed E-state index contributed by atoms with van der Waals surface area (Å²) in [7, 11) is 0. The Bertz CT molecular complexity index is 350. The standard InChI is InChI=1S/C17H29FO2/c1-5-14(12(2)11-18)16(20)10-15(19)13-6-8-17(3,4)9-7-13/h10,12-14,20H,5-9,11H2,1-4H3. The minimum Gasteiger partial charge on any atom is -0.512 e. The summed E-state index contributed by atoms with van der Waals surface area (Å²) in [6, 6.07) is 0. The molecule has 0 spiro atoms. The van der Waals surface area contributed by atoms with Gasteiger partial charge in [0.15, 0.2) is 5.78 Å². The lowest BCUT2D eigenvalue weighted by atomic mass is 9.72. The van der Waals surface area contributed by atoms with E-state index in [2.05, 4.69) is 13.8 Å². The maximum absolute atomic E-state index is 12.7. The lowest BCUT2D eigenvalue weighted by Crippen LogP contribution is -2.26. The molecule has 0 aromatic rings. The molecule has 1 fully saturated rings. The minimum absolute atomic E-state index is 0.0162. The third-order valence-corrected chi connectivity index (χ3v) is 4.78. The third kappa shape index (κ3) is 4.60. The smallest absolute Gasteiger partial charge is 0.162 e. The molecule has 0 aliphatic heterocycles. The second kappa shape index (κ2) is 7.24. The Kier molecular flexibility index (Phi) is 6.22. The molecule has 1 N–H and O–H groups in total. The van der Waals surface area contributed by atoms with E-state index in [0.29, 0.717) is 11.8 Å². The summed E-state index contributed by atoms with van der Waals surface area (Å²) >= 11 is 0. The van der Waals surface area contributed by atoms with Crippen LogP contribution in [0.15, 0.2) is 11.8 Å². The van der Waals surface area contributed by atoms with E-state index in [9.17, 15) is 14.3 Å². The van der Waals surface area contributed by atoms with Gasteiger partial charge in [0.05, 0.1) is 12.4 Å². The second-order valence-electron chi connectivity index (χ2n) is 7.06. The Balaban J connectivity index is 2.66. The van der Waals surface area contributed by atoms with Crippen molar-refractivity contribution in [2.45, 2.75) is 59.8 Å². The van der Waals surface area contributed by atoms with Crippen LogP contribution in [0.1, 0.15) is 59.8 Å². The number of carbonyl (C=O) groups excluding carboxylic acids is 1. The number of aliphatic hydroxyl groups is 1. The van der Waals surface area contributed by atoms with Gasteiger partial charge in [0.2, 0.25) is 0 Å². The molecule has 1 aliphatic carbocycles. The maximum atomic E-state index is 12.7. The van der Waals surface area contributed by atoms with Crippen LogP contribution in [0.4, 0.5) is 4.39 Å². The number of alkyl halides is 1. The van der Waals surface area contributed by atoms with Crippen LogP contribution in [0.5, 0.6) is 0 Å². The van der Waals surface area contributed by atoms with Gasteiger partial charge in [-0.05, 0) is 43.4 Å². The molecule has 0 bridgehead atoms. The van der Waals surface area contributed by atoms with Gasteiger partial charge in [0.25, 0.3) is 0 Å². The fraction of sp³-hybridized carbons (Fsp3) is 0.824. The van der Waals surface area contributed by atoms with Gasteiger partial charge < -0.3 is 5.11 Å². The zero-order valence-corrected chi connectivity index (χ0v) is 13.3. The molecule has 1 rings (SSSR count). The summed E-state index contributed by atoms with van der Waals surface area (Å²) in [5, 5.41) is 10.1. The topological polar surface area (TPSA) is 37.3 Å². The molecule has 0 aromatic carbocycles. The van der Waals surface area contributed by atoms with Gasteiger partial charge in [0.1, 0.15) is 0 Å². The molecule has 1 saturated carbocycles. The van der Waals surface area contributed by atoms with Crippen molar-refractivity contribution in [1.82, 2.24) is 0 Å². The van der Waals surface area contributed by atoms with Crippen molar-refractivity contribution in [3.63, 3.8) is 0 Å². The largest absolute Gasteiger partial charge is 0.512 e. The van der Waals surface area contributed by atoms with Gasteiger partial charge in [-0.3, -0.25) is 9.18 Å². The SMILES string of the molecule is CCC(C(O)=CC(=O)C1CCC(C)(C)CC1)C(C)CF. The number of carbonyl (C=O) groups is 1. The average Bonchev–Trinajstić information content (AvgIpc) is 2.38. The highest BCUT2D eigenvalue weighted by Gasteiger charge is 2.30. The number of hydrogen-bond acceptors (Lipinski definition) is 2. The number of hydrogen-bond donors (Lipinski definition) is 1. The van der Waals surface area contributed by atoms with Gasteiger partial charge in [0, 0.05) is 17.9 Å². The van der Waals surface area contributed by atoms with E-state index >= 15 is 0 Å². The fourth-order valence-electron chi connectivity index (χ4n) is 3.06. The quantitative estimate of drug-likeness (QED) is 0.559. The normalized spacial score (nSPS) is 23.4. The summed E-state index contributed by atoms with van der Waals surface area (Å²) < 4.78 is 12.7. The van der Waals surface area contributed by atoms with Gasteiger partial charge >= 0.3 is 0 Å². The van der Waals surface area contributed by atoms with Crippen LogP contribution in [-0.4, -0.2) is 17.6 Å². The Morgan fingerprint density at radius 2 is 1.95 bits per heavy atom. The van der Waals surface area contributed by atoms with Crippen molar-refractivity contribution in [3.8, 4) is 0 Å². The van der Waals surface area contributed by atoms with Gasteiger partial charge in [-0.15, -0.1) is 0 Å². The van der Waals surface area contributed by atoms with Crippen LogP contribution in [-0.2, 0) is 4.79 Å². The molecule has 2 unspecified atom stereocenters. The molecule has 0 amide bonds. The molecule has 2 atom stereocenters. The highest BCUT2D eigenvalue weighted by molar-refractivity contribution is 5.92. The highest BCUT2D eigenvalue weighted by atomic mass is 19.1. The Hall–Kier alpha value is -0.860. The molecular weight excluding hydrogens is 255 g/mol. The first-order valence-electron chi connectivity index (χ1n) is 7.81. The Morgan fingerprint density at radius 3 is 2.40 bits per heavy atom. The molecule has 3 heteroatoms. The molecule has 1 aliphatic rings. The molecule has 0 aromatic heterocycles. The number of aliphatic hydroxyl groups excluding tert-OH is 1. The predicted octanol–water partition coefficient (Wildman–Crippen LogP) is 4.85. The predicted molar refractivity (Wildman–Crippen MR) is 80.4 cm³/mol. The highest BCUT2D eigenvalue weighted by Crippen LogP contribution is 2.38. The number of ketones is 1. The van der Waals surface area contributed by atoms with Crippen LogP contribution in [0, 0.1) is 23.2 Å². The van der Waals surface area contributed by atoms with Crippen molar-refractivity contribution < 1.29 is 14.3 Å². The third-order valence-electron chi connectivity index (χ3n) is 4.78. The van der Waals surface area contributed by atoms with E-state index in [4.69, 9.17) is 0 Å². The van der Waals surface area contributed by atoms with Crippen LogP contribution >= 0.6 is 0 Å². The zero-order chi connectivity index (χ0) is 15.3. The first-order valence-corrected chi connectivity index (χ1v) is 7.81. The lowest BCUT2D eigenvalue weighted by Gasteiger charge is -2.33. The molecule has 2 nitrogen and oxygen atoms in total. The van der Waals surface area contributed by atoms with Crippen LogP contribution in [0.3, 0.4) is 0 Å². The number of allylic oxidation sites excluding steroid dienone is 2. The zero-order valence-electron chi connectivity index (χ0n) is 13.3. The van der Waals surface area contributed by atoms with Crippen LogP contribution in [0.25, 0.3) is 0 Å². The molecule has 20 heavy (non-hydrogen) atoms. The van der Waals surface area contributed by atoms with Gasteiger partial charge in [-0.2, -0.15) is 0 Å². The van der Waals surface area contributed by atoms with E-state index in [1.165, 1.54) is 6.08 Å². The average molecular weight is 284 g/mol. The number of halogens is 1. The van der Waals surface area contributed by atoms with Crippen LogP contribution < -0.4 is 0 Å². The molecule has 0 saturated heterocycles. The second-order valence-corrected chi connectivity index (χ2v) is 7.06. The van der Waals surface area contributed by atoms with E-state index in [0.717, 1.165) is 25.7 Å². The summed E-state index contributed by atoms with van der Waals surface area (Å²) in [5.74, 6) is -0.378. The summed E-state index contributed by atoms with van der Waals surface area (Å²) in [6.07, 6.45) is 5.91. The van der Waals surface area contributed by atoms with Crippen molar-refractivity contribution in [2.75, 3.05) is 6.67 Å². The summed E-state index contributed by atoms with van der Waals surface area (Å²) in [5.41, 5.74) is 0.331. The van der Waals surface area contributed by atoms with E-state index in [1.54, 1.807) is 6.92 Å². The van der Waals surface area contributed by atoms with E-state index < -0.39 is 6.67 Å². The Labute approximate surface area is 122 Å². The minimum atomic E-state index is -0.470. The maximum Gasteiger partial charge on any atom is 0.162 e. The van der Waals surface area contributed by atoms with Crippen molar-refractivity contribution in [3.05, 3.63) is 11.8 Å². The van der Waals surface area contributed by atoms with Crippen molar-refractivity contribution in [1.29, 1.82) is 0 Å². The first-order chi connectivity index (χ1) is 9.30. The van der Waals surface area contributed by atoms with Crippen molar-refractivity contribution >= 4 is 5.78 Å². The summed E-state index contributed by atoms with van der Waals surface area (Å²) in [6.45, 7) is 7.68. The van der Waals surface area contributed by atoms with Gasteiger partial charge in [-0.25, -0.2) is 0 Å².